The second kappa shape index (κ2) is 6.57. The number of hydrogen-bond donors (Lipinski definition) is 0. The third kappa shape index (κ3) is 2.99. The third-order valence-corrected chi connectivity index (χ3v) is 5.93. The summed E-state index contributed by atoms with van der Waals surface area (Å²) in [6.07, 6.45) is 3.51. The molecule has 1 saturated carbocycles. The molecule has 0 aliphatic heterocycles. The normalized spacial score (nSPS) is 15.4. The average molecular weight is 398 g/mol. The number of rotatable bonds is 6. The van der Waals surface area contributed by atoms with Crippen LogP contribution in [0.1, 0.15) is 47.4 Å². The Balaban J connectivity index is 2.04. The van der Waals surface area contributed by atoms with Gasteiger partial charge in [0.15, 0.2) is 11.5 Å². The van der Waals surface area contributed by atoms with Crippen LogP contribution in [-0.4, -0.2) is 28.0 Å². The number of aromatic nitrogens is 1. The van der Waals surface area contributed by atoms with Crippen molar-refractivity contribution < 1.29 is 18.3 Å². The van der Waals surface area contributed by atoms with E-state index in [2.05, 4.69) is 21.1 Å². The van der Waals surface area contributed by atoms with Crippen LogP contribution in [-0.2, 0) is 10.8 Å². The van der Waals surface area contributed by atoms with Crippen LogP contribution in [0.4, 0.5) is 0 Å². The van der Waals surface area contributed by atoms with Crippen LogP contribution in [0.25, 0.3) is 0 Å². The molecular weight excluding hydrogens is 382 g/mol. The van der Waals surface area contributed by atoms with Crippen molar-refractivity contribution in [1.82, 2.24) is 5.16 Å². The lowest BCUT2D eigenvalue weighted by Crippen LogP contribution is -2.07. The van der Waals surface area contributed by atoms with Crippen LogP contribution < -0.4 is 4.74 Å². The van der Waals surface area contributed by atoms with Gasteiger partial charge in [0.25, 0.3) is 0 Å². The third-order valence-electron chi connectivity index (χ3n) is 3.81. The molecule has 0 radical (unpaired) electrons. The summed E-state index contributed by atoms with van der Waals surface area (Å²) in [4.78, 5) is 13.4. The number of ether oxygens (including phenoxy) is 1. The molecule has 1 heterocycles. The van der Waals surface area contributed by atoms with Crippen LogP contribution in [0, 0.1) is 0 Å². The maximum absolute atomic E-state index is 12.8. The SMILES string of the molecule is CCS(=O)c1ccc(C(=O)c2cnoc2C2CC2)c(Br)c1OC. The molecule has 1 aliphatic rings. The van der Waals surface area contributed by atoms with Crippen molar-refractivity contribution in [3.63, 3.8) is 0 Å². The minimum atomic E-state index is -1.17. The standard InChI is InChI=1S/C16H16BrNO4S/c1-3-23(20)12-7-6-10(13(17)16(12)21-2)14(19)11-8-18-22-15(11)9-4-5-9/h6-9H,3-5H2,1-2H3. The van der Waals surface area contributed by atoms with Crippen molar-refractivity contribution in [2.75, 3.05) is 12.9 Å². The highest BCUT2D eigenvalue weighted by Crippen LogP contribution is 2.43. The quantitative estimate of drug-likeness (QED) is 0.695. The Morgan fingerprint density at radius 2 is 2.17 bits per heavy atom. The summed E-state index contributed by atoms with van der Waals surface area (Å²) >= 11 is 3.42. The highest BCUT2D eigenvalue weighted by Gasteiger charge is 2.33. The largest absolute Gasteiger partial charge is 0.494 e. The molecule has 122 valence electrons. The Labute approximate surface area is 145 Å². The van der Waals surface area contributed by atoms with Crippen LogP contribution in [0.2, 0.25) is 0 Å². The fourth-order valence-electron chi connectivity index (χ4n) is 2.44. The van der Waals surface area contributed by atoms with Gasteiger partial charge in [0.2, 0.25) is 0 Å². The zero-order chi connectivity index (χ0) is 16.6. The molecule has 0 amide bonds. The van der Waals surface area contributed by atoms with Crippen molar-refractivity contribution in [1.29, 1.82) is 0 Å². The number of benzene rings is 1. The minimum Gasteiger partial charge on any atom is -0.494 e. The average Bonchev–Trinajstić information content (AvgIpc) is 3.29. The van der Waals surface area contributed by atoms with Crippen molar-refractivity contribution in [3.05, 3.63) is 39.7 Å². The van der Waals surface area contributed by atoms with E-state index in [1.54, 1.807) is 12.1 Å². The minimum absolute atomic E-state index is 0.174. The molecule has 0 saturated heterocycles. The molecule has 1 fully saturated rings. The van der Waals surface area contributed by atoms with E-state index in [9.17, 15) is 9.00 Å². The van der Waals surface area contributed by atoms with Gasteiger partial charge in [-0.25, -0.2) is 0 Å². The Bertz CT molecular complexity index is 782. The molecule has 1 aliphatic carbocycles. The summed E-state index contributed by atoms with van der Waals surface area (Å²) < 4.78 is 23.2. The van der Waals surface area contributed by atoms with Crippen LogP contribution >= 0.6 is 15.9 Å². The summed E-state index contributed by atoms with van der Waals surface area (Å²) in [7, 11) is 0.331. The lowest BCUT2D eigenvalue weighted by Gasteiger charge is -2.12. The van der Waals surface area contributed by atoms with Gasteiger partial charge in [0, 0.05) is 17.2 Å². The molecule has 1 unspecified atom stereocenters. The maximum Gasteiger partial charge on any atom is 0.199 e. The molecule has 3 rings (SSSR count). The van der Waals surface area contributed by atoms with Crippen molar-refractivity contribution in [2.45, 2.75) is 30.6 Å². The highest BCUT2D eigenvalue weighted by atomic mass is 79.9. The maximum atomic E-state index is 12.8. The topological polar surface area (TPSA) is 69.4 Å². The van der Waals surface area contributed by atoms with Crippen molar-refractivity contribution in [3.8, 4) is 5.75 Å². The van der Waals surface area contributed by atoms with Gasteiger partial charge in [-0.05, 0) is 40.9 Å². The molecule has 0 N–H and O–H groups in total. The number of hydrogen-bond acceptors (Lipinski definition) is 5. The van der Waals surface area contributed by atoms with Gasteiger partial charge in [0.05, 0.1) is 39.0 Å². The van der Waals surface area contributed by atoms with Gasteiger partial charge < -0.3 is 9.26 Å². The van der Waals surface area contributed by atoms with Crippen LogP contribution in [0.3, 0.4) is 0 Å². The first-order valence-corrected chi connectivity index (χ1v) is 9.43. The Hall–Kier alpha value is -1.47. The highest BCUT2D eigenvalue weighted by molar-refractivity contribution is 9.10. The molecule has 0 bridgehead atoms. The first-order chi connectivity index (χ1) is 11.1. The zero-order valence-electron chi connectivity index (χ0n) is 12.8. The summed E-state index contributed by atoms with van der Waals surface area (Å²) in [5, 5.41) is 3.77. The lowest BCUT2D eigenvalue weighted by molar-refractivity contribution is 0.103. The summed E-state index contributed by atoms with van der Waals surface area (Å²) in [6, 6.07) is 3.35. The Morgan fingerprint density at radius 1 is 1.43 bits per heavy atom. The van der Waals surface area contributed by atoms with Crippen molar-refractivity contribution in [2.24, 2.45) is 0 Å². The van der Waals surface area contributed by atoms with Crippen LogP contribution in [0.5, 0.6) is 5.75 Å². The number of methoxy groups -OCH3 is 1. The number of carbonyl (C=O) groups excluding carboxylic acids is 1. The van der Waals surface area contributed by atoms with E-state index in [1.165, 1.54) is 13.3 Å². The first-order valence-electron chi connectivity index (χ1n) is 7.32. The van der Waals surface area contributed by atoms with E-state index < -0.39 is 10.8 Å². The lowest BCUT2D eigenvalue weighted by atomic mass is 10.0. The number of halogens is 1. The molecule has 23 heavy (non-hydrogen) atoms. The van der Waals surface area contributed by atoms with Crippen molar-refractivity contribution >= 4 is 32.5 Å². The van der Waals surface area contributed by atoms with E-state index in [1.807, 2.05) is 6.92 Å². The predicted molar refractivity (Wildman–Crippen MR) is 89.6 cm³/mol. The van der Waals surface area contributed by atoms with E-state index in [-0.39, 0.29) is 5.78 Å². The molecular formula is C16H16BrNO4S. The molecule has 2 aromatic rings. The number of ketones is 1. The Morgan fingerprint density at radius 3 is 2.78 bits per heavy atom. The van der Waals surface area contributed by atoms with E-state index in [4.69, 9.17) is 9.26 Å². The van der Waals surface area contributed by atoms with Gasteiger partial charge in [-0.2, -0.15) is 0 Å². The van der Waals surface area contributed by atoms with Gasteiger partial charge in [-0.1, -0.05) is 12.1 Å². The van der Waals surface area contributed by atoms with Gasteiger partial charge in [-0.3, -0.25) is 9.00 Å². The Kier molecular flexibility index (Phi) is 4.68. The monoisotopic (exact) mass is 397 g/mol. The fourth-order valence-corrected chi connectivity index (χ4v) is 4.18. The second-order valence-corrected chi connectivity index (χ2v) is 7.80. The molecule has 5 nitrogen and oxygen atoms in total. The zero-order valence-corrected chi connectivity index (χ0v) is 15.2. The molecule has 0 spiro atoms. The van der Waals surface area contributed by atoms with E-state index >= 15 is 0 Å². The van der Waals surface area contributed by atoms with Gasteiger partial charge in [-0.15, -0.1) is 0 Å². The van der Waals surface area contributed by atoms with Gasteiger partial charge >= 0.3 is 0 Å². The fraction of sp³-hybridized carbons (Fsp3) is 0.375. The molecule has 1 aromatic heterocycles. The van der Waals surface area contributed by atoms with E-state index in [0.29, 0.717) is 43.7 Å². The number of nitrogens with zero attached hydrogens (tertiary/aromatic N) is 1. The van der Waals surface area contributed by atoms with Crippen LogP contribution in [0.15, 0.2) is 32.2 Å². The molecule has 1 aromatic carbocycles. The smallest absolute Gasteiger partial charge is 0.199 e. The number of carbonyl (C=O) groups is 1. The second-order valence-electron chi connectivity index (χ2n) is 5.30. The molecule has 1 atom stereocenters. The summed E-state index contributed by atoms with van der Waals surface area (Å²) in [5.41, 5.74) is 0.934. The first kappa shape index (κ1) is 16.4. The molecule has 7 heteroatoms. The van der Waals surface area contributed by atoms with E-state index in [0.717, 1.165) is 12.8 Å². The summed E-state index contributed by atoms with van der Waals surface area (Å²) in [6.45, 7) is 1.83. The predicted octanol–water partition coefficient (Wildman–Crippen LogP) is 3.68. The summed E-state index contributed by atoms with van der Waals surface area (Å²) in [5.74, 6) is 1.69. The van der Waals surface area contributed by atoms with Gasteiger partial charge in [0.1, 0.15) is 5.75 Å².